The highest BCUT2D eigenvalue weighted by molar-refractivity contribution is 5.46. The van der Waals surface area contributed by atoms with Gasteiger partial charge in [-0.3, -0.25) is 4.68 Å². The molecule has 1 N–H and O–H groups in total. The van der Waals surface area contributed by atoms with Crippen LogP contribution in [0.5, 0.6) is 0 Å². The summed E-state index contributed by atoms with van der Waals surface area (Å²) in [7, 11) is 4.13. The first kappa shape index (κ1) is 10.5. The number of aryl methyl sites for hydroxylation is 1. The minimum atomic E-state index is 1.03. The van der Waals surface area contributed by atoms with E-state index in [1.165, 1.54) is 24.2 Å². The van der Waals surface area contributed by atoms with Crippen molar-refractivity contribution in [3.63, 3.8) is 0 Å². The molecular weight excluding hydrogens is 188 g/mol. The summed E-state index contributed by atoms with van der Waals surface area (Å²) >= 11 is 0. The predicted octanol–water partition coefficient (Wildman–Crippen LogP) is 1.32. The maximum absolute atomic E-state index is 4.61. The largest absolute Gasteiger partial charge is 0.371 e. The Balaban J connectivity index is 2.40. The van der Waals surface area contributed by atoms with E-state index in [9.17, 15) is 0 Å². The van der Waals surface area contributed by atoms with Crippen molar-refractivity contribution in [1.29, 1.82) is 0 Å². The number of rotatable bonds is 2. The topological polar surface area (TPSA) is 33.1 Å². The number of aromatic nitrogens is 2. The van der Waals surface area contributed by atoms with Crippen molar-refractivity contribution in [3.8, 4) is 0 Å². The summed E-state index contributed by atoms with van der Waals surface area (Å²) in [5.41, 5.74) is 2.77. The van der Waals surface area contributed by atoms with Crippen LogP contribution in [0.15, 0.2) is 0 Å². The molecule has 0 atom stereocenters. The van der Waals surface area contributed by atoms with Crippen LogP contribution in [0.1, 0.15) is 24.6 Å². The third-order valence-electron chi connectivity index (χ3n) is 3.09. The fourth-order valence-corrected chi connectivity index (χ4v) is 2.29. The molecule has 0 fully saturated rings. The van der Waals surface area contributed by atoms with Crippen LogP contribution in [-0.2, 0) is 19.5 Å². The molecule has 0 aromatic carbocycles. The molecule has 2 heterocycles. The van der Waals surface area contributed by atoms with Gasteiger partial charge in [-0.15, -0.1) is 0 Å². The molecule has 0 radical (unpaired) electrons. The van der Waals surface area contributed by atoms with Crippen molar-refractivity contribution in [1.82, 2.24) is 14.7 Å². The fourth-order valence-electron chi connectivity index (χ4n) is 2.29. The molecule has 0 spiro atoms. The highest BCUT2D eigenvalue weighted by Crippen LogP contribution is 2.23. The smallest absolute Gasteiger partial charge is 0.151 e. The number of fused-ring (bicyclic) bond motifs is 1. The van der Waals surface area contributed by atoms with Gasteiger partial charge in [0.25, 0.3) is 0 Å². The van der Waals surface area contributed by atoms with Gasteiger partial charge in [0.2, 0.25) is 0 Å². The number of nitrogens with one attached hydrogen (secondary N) is 1. The summed E-state index contributed by atoms with van der Waals surface area (Å²) in [6.45, 7) is 5.44. The molecule has 1 aliphatic heterocycles. The zero-order chi connectivity index (χ0) is 10.8. The van der Waals surface area contributed by atoms with Gasteiger partial charge in [0, 0.05) is 32.2 Å². The van der Waals surface area contributed by atoms with Gasteiger partial charge in [-0.05, 0) is 19.9 Å². The second-order valence-corrected chi connectivity index (χ2v) is 4.19. The first-order chi connectivity index (χ1) is 7.26. The van der Waals surface area contributed by atoms with Gasteiger partial charge in [0.05, 0.1) is 5.69 Å². The Kier molecular flexibility index (Phi) is 2.95. The second-order valence-electron chi connectivity index (χ2n) is 4.19. The lowest BCUT2D eigenvalue weighted by molar-refractivity contribution is 0.331. The van der Waals surface area contributed by atoms with Gasteiger partial charge < -0.3 is 10.2 Å². The average molecular weight is 208 g/mol. The number of hydrogen-bond acceptors (Lipinski definition) is 3. The highest BCUT2D eigenvalue weighted by atomic mass is 15.3. The molecule has 4 heteroatoms. The van der Waals surface area contributed by atoms with Crippen LogP contribution in [0, 0.1) is 0 Å². The van der Waals surface area contributed by atoms with Crippen LogP contribution in [0.4, 0.5) is 5.82 Å². The lowest BCUT2D eigenvalue weighted by Crippen LogP contribution is -2.18. The van der Waals surface area contributed by atoms with Crippen molar-refractivity contribution in [2.45, 2.75) is 32.9 Å². The summed E-state index contributed by atoms with van der Waals surface area (Å²) < 4.78 is 2.17. The zero-order valence-electron chi connectivity index (χ0n) is 9.88. The number of anilines is 1. The maximum atomic E-state index is 4.61. The molecule has 1 aromatic rings. The van der Waals surface area contributed by atoms with E-state index < -0.39 is 0 Å². The Bertz CT molecular complexity index is 343. The third-order valence-corrected chi connectivity index (χ3v) is 3.09. The van der Waals surface area contributed by atoms with Gasteiger partial charge in [-0.2, -0.15) is 5.10 Å². The Hall–Kier alpha value is -1.03. The molecule has 2 rings (SSSR count). The average Bonchev–Trinajstić information content (AvgIpc) is 2.45. The zero-order valence-corrected chi connectivity index (χ0v) is 9.88. The molecule has 1 aliphatic rings. The summed E-state index contributed by atoms with van der Waals surface area (Å²) in [5.74, 6) is 1.06. The van der Waals surface area contributed by atoms with Crippen molar-refractivity contribution >= 4 is 5.82 Å². The van der Waals surface area contributed by atoms with Crippen LogP contribution >= 0.6 is 0 Å². The molecule has 0 unspecified atom stereocenters. The third kappa shape index (κ3) is 1.86. The van der Waals surface area contributed by atoms with Crippen molar-refractivity contribution in [2.75, 3.05) is 26.0 Å². The van der Waals surface area contributed by atoms with Crippen LogP contribution in [-0.4, -0.2) is 35.3 Å². The minimum absolute atomic E-state index is 1.03. The van der Waals surface area contributed by atoms with E-state index in [1.807, 2.05) is 7.05 Å². The predicted molar refractivity (Wildman–Crippen MR) is 62.1 cm³/mol. The van der Waals surface area contributed by atoms with Gasteiger partial charge in [0.1, 0.15) is 0 Å². The van der Waals surface area contributed by atoms with Gasteiger partial charge in [-0.1, -0.05) is 6.92 Å². The van der Waals surface area contributed by atoms with E-state index >= 15 is 0 Å². The Labute approximate surface area is 91.3 Å². The minimum Gasteiger partial charge on any atom is -0.371 e. The van der Waals surface area contributed by atoms with Crippen LogP contribution in [0.3, 0.4) is 0 Å². The van der Waals surface area contributed by atoms with E-state index in [4.69, 9.17) is 0 Å². The van der Waals surface area contributed by atoms with Crippen molar-refractivity contribution < 1.29 is 0 Å². The molecule has 1 aromatic heterocycles. The van der Waals surface area contributed by atoms with E-state index in [1.54, 1.807) is 0 Å². The Morgan fingerprint density at radius 1 is 1.40 bits per heavy atom. The lowest BCUT2D eigenvalue weighted by atomic mass is 10.1. The Morgan fingerprint density at radius 3 is 2.87 bits per heavy atom. The normalized spacial score (nSPS) is 17.3. The van der Waals surface area contributed by atoms with Crippen LogP contribution in [0.2, 0.25) is 0 Å². The first-order valence-electron chi connectivity index (χ1n) is 5.71. The molecule has 0 amide bonds. The molecule has 0 bridgehead atoms. The number of hydrogen-bond donors (Lipinski definition) is 1. The van der Waals surface area contributed by atoms with E-state index in [2.05, 4.69) is 34.0 Å². The Morgan fingerprint density at radius 2 is 2.20 bits per heavy atom. The van der Waals surface area contributed by atoms with Gasteiger partial charge >= 0.3 is 0 Å². The highest BCUT2D eigenvalue weighted by Gasteiger charge is 2.19. The molecule has 0 aliphatic carbocycles. The molecule has 0 saturated heterocycles. The van der Waals surface area contributed by atoms with E-state index in [0.29, 0.717) is 0 Å². The lowest BCUT2D eigenvalue weighted by Gasteiger charge is -2.13. The molecule has 15 heavy (non-hydrogen) atoms. The van der Waals surface area contributed by atoms with Crippen LogP contribution < -0.4 is 5.32 Å². The standard InChI is InChI=1S/C11H20N4/c1-4-9-10-8-14(3)6-5-7-15(10)13-11(9)12-2/h4-8H2,1-3H3,(H,12,13). The maximum Gasteiger partial charge on any atom is 0.151 e. The SMILES string of the molecule is CCc1c(NC)nn2c1CN(C)CCC2. The second kappa shape index (κ2) is 4.23. The fraction of sp³-hybridized carbons (Fsp3) is 0.727. The summed E-state index contributed by atoms with van der Waals surface area (Å²) in [6.07, 6.45) is 2.25. The quantitative estimate of drug-likeness (QED) is 0.796. The van der Waals surface area contributed by atoms with Crippen LogP contribution in [0.25, 0.3) is 0 Å². The summed E-state index contributed by atoms with van der Waals surface area (Å²) in [4.78, 5) is 2.37. The summed E-state index contributed by atoms with van der Waals surface area (Å²) in [6, 6.07) is 0. The van der Waals surface area contributed by atoms with Gasteiger partial charge in [-0.25, -0.2) is 0 Å². The summed E-state index contributed by atoms with van der Waals surface area (Å²) in [5, 5.41) is 7.80. The van der Waals surface area contributed by atoms with Gasteiger partial charge in [0.15, 0.2) is 5.82 Å². The molecule has 4 nitrogen and oxygen atoms in total. The van der Waals surface area contributed by atoms with Crippen molar-refractivity contribution in [2.24, 2.45) is 0 Å². The first-order valence-corrected chi connectivity index (χ1v) is 5.71. The molecule has 84 valence electrons. The monoisotopic (exact) mass is 208 g/mol. The van der Waals surface area contributed by atoms with Crippen molar-refractivity contribution in [3.05, 3.63) is 11.3 Å². The molecule has 0 saturated carbocycles. The van der Waals surface area contributed by atoms with E-state index in [-0.39, 0.29) is 0 Å². The van der Waals surface area contributed by atoms with E-state index in [0.717, 1.165) is 25.3 Å². The number of nitrogens with zero attached hydrogens (tertiary/aromatic N) is 3. The molecular formula is C11H20N4.